The minimum absolute atomic E-state index is 0.122. The fraction of sp³-hybridized carbons (Fsp3) is 0.957. The Kier molecular flexibility index (Phi) is 22.0. The zero-order valence-electron chi connectivity index (χ0n) is 18.0. The third-order valence-corrected chi connectivity index (χ3v) is 5.05. The zero-order chi connectivity index (χ0) is 19.1. The molecule has 0 rings (SSSR count). The molecule has 0 saturated heterocycles. The number of rotatable bonds is 21. The van der Waals surface area contributed by atoms with Gasteiger partial charge >= 0.3 is 5.97 Å². The van der Waals surface area contributed by atoms with Crippen molar-refractivity contribution in [3.8, 4) is 0 Å². The van der Waals surface area contributed by atoms with Gasteiger partial charge in [-0.15, -0.1) is 0 Å². The van der Waals surface area contributed by atoms with Gasteiger partial charge in [0.05, 0.1) is 0 Å². The monoisotopic (exact) mass is 369 g/mol. The zero-order valence-corrected chi connectivity index (χ0v) is 18.0. The third kappa shape index (κ3) is 21.5. The van der Waals surface area contributed by atoms with Crippen molar-refractivity contribution in [2.45, 2.75) is 136 Å². The third-order valence-electron chi connectivity index (χ3n) is 5.05. The summed E-state index contributed by atoms with van der Waals surface area (Å²) >= 11 is 0. The summed E-state index contributed by atoms with van der Waals surface area (Å²) in [7, 11) is 0. The van der Waals surface area contributed by atoms with Gasteiger partial charge in [-0.05, 0) is 12.8 Å². The van der Waals surface area contributed by atoms with Crippen molar-refractivity contribution < 1.29 is 9.63 Å². The molecule has 0 aromatic rings. The molecule has 0 unspecified atom stereocenters. The van der Waals surface area contributed by atoms with Crippen LogP contribution in [-0.2, 0) is 9.63 Å². The van der Waals surface area contributed by atoms with Gasteiger partial charge in [-0.3, -0.25) is 4.79 Å². The van der Waals surface area contributed by atoms with Gasteiger partial charge in [-0.25, -0.2) is 0 Å². The molecule has 0 aliphatic heterocycles. The maximum atomic E-state index is 11.3. The predicted molar refractivity (Wildman–Crippen MR) is 113 cm³/mol. The van der Waals surface area contributed by atoms with E-state index in [0.717, 1.165) is 25.8 Å². The van der Waals surface area contributed by atoms with E-state index in [1.54, 1.807) is 0 Å². The van der Waals surface area contributed by atoms with Gasteiger partial charge in [0.25, 0.3) is 0 Å². The number of hydrogen-bond acceptors (Lipinski definition) is 3. The second-order valence-electron chi connectivity index (χ2n) is 7.78. The molecule has 0 aromatic heterocycles. The molecular formula is C23H47NO2. The van der Waals surface area contributed by atoms with Gasteiger partial charge in [0.1, 0.15) is 0 Å². The summed E-state index contributed by atoms with van der Waals surface area (Å²) in [5.41, 5.74) is 2.79. The largest absolute Gasteiger partial charge is 0.371 e. The van der Waals surface area contributed by atoms with Crippen LogP contribution in [0.25, 0.3) is 0 Å². The molecule has 156 valence electrons. The van der Waals surface area contributed by atoms with Crippen LogP contribution >= 0.6 is 0 Å². The van der Waals surface area contributed by atoms with E-state index < -0.39 is 0 Å². The van der Waals surface area contributed by atoms with E-state index >= 15 is 0 Å². The smallest absolute Gasteiger partial charge is 0.324 e. The second-order valence-corrected chi connectivity index (χ2v) is 7.78. The van der Waals surface area contributed by atoms with Crippen LogP contribution in [0, 0.1) is 0 Å². The van der Waals surface area contributed by atoms with Gasteiger partial charge in [-0.1, -0.05) is 117 Å². The first-order valence-electron chi connectivity index (χ1n) is 11.7. The summed E-state index contributed by atoms with van der Waals surface area (Å²) in [4.78, 5) is 16.3. The summed E-state index contributed by atoms with van der Waals surface area (Å²) in [6, 6.07) is 0. The van der Waals surface area contributed by atoms with Crippen molar-refractivity contribution >= 4 is 5.97 Å². The van der Waals surface area contributed by atoms with Gasteiger partial charge in [0.15, 0.2) is 0 Å². The Hall–Kier alpha value is -0.570. The lowest BCUT2D eigenvalue weighted by atomic mass is 10.0. The van der Waals surface area contributed by atoms with Gasteiger partial charge in [0, 0.05) is 13.0 Å². The summed E-state index contributed by atoms with van der Waals surface area (Å²) in [6.07, 6.45) is 24.6. The Morgan fingerprint density at radius 2 is 0.962 bits per heavy atom. The van der Waals surface area contributed by atoms with Crippen LogP contribution in [0.3, 0.4) is 0 Å². The standard InChI is InChI=1S/C23H47NO2/c1-3-5-7-8-9-10-11-12-13-14-15-16-17-18-19-20-22-24-26-23(25)21-6-4-2/h24H,3-22H2,1-2H3. The van der Waals surface area contributed by atoms with Gasteiger partial charge < -0.3 is 4.84 Å². The van der Waals surface area contributed by atoms with Crippen LogP contribution in [0.2, 0.25) is 0 Å². The van der Waals surface area contributed by atoms with E-state index in [9.17, 15) is 4.79 Å². The number of carbonyl (C=O) groups excluding carboxylic acids is 1. The first-order chi connectivity index (χ1) is 12.8. The SMILES string of the molecule is CCCCCCCCCCCCCCCCCCNOC(=O)CCCC. The molecule has 0 atom stereocenters. The Labute approximate surface area is 164 Å². The van der Waals surface area contributed by atoms with E-state index in [0.29, 0.717) is 6.42 Å². The molecule has 0 radical (unpaired) electrons. The molecule has 0 aliphatic rings. The number of unbranched alkanes of at least 4 members (excludes halogenated alkanes) is 16. The number of carbonyl (C=O) groups is 1. The van der Waals surface area contributed by atoms with Crippen molar-refractivity contribution in [3.05, 3.63) is 0 Å². The number of hydroxylamine groups is 1. The second kappa shape index (κ2) is 22.5. The quantitative estimate of drug-likeness (QED) is 0.168. The highest BCUT2D eigenvalue weighted by molar-refractivity contribution is 5.68. The van der Waals surface area contributed by atoms with Crippen LogP contribution < -0.4 is 5.48 Å². The first-order valence-corrected chi connectivity index (χ1v) is 11.7. The molecule has 0 saturated carbocycles. The summed E-state index contributed by atoms with van der Waals surface area (Å²) in [5, 5.41) is 0. The summed E-state index contributed by atoms with van der Waals surface area (Å²) in [5.74, 6) is -0.122. The Morgan fingerprint density at radius 1 is 0.577 bits per heavy atom. The lowest BCUT2D eigenvalue weighted by Gasteiger charge is -2.05. The fourth-order valence-corrected chi connectivity index (χ4v) is 3.25. The molecule has 0 amide bonds. The highest BCUT2D eigenvalue weighted by Gasteiger charge is 2.00. The molecule has 0 bridgehead atoms. The van der Waals surface area contributed by atoms with Crippen molar-refractivity contribution in [3.63, 3.8) is 0 Å². The fourth-order valence-electron chi connectivity index (χ4n) is 3.25. The molecule has 3 heteroatoms. The topological polar surface area (TPSA) is 38.3 Å². The van der Waals surface area contributed by atoms with Crippen LogP contribution in [0.15, 0.2) is 0 Å². The molecule has 3 nitrogen and oxygen atoms in total. The summed E-state index contributed by atoms with van der Waals surface area (Å²) < 4.78 is 0. The van der Waals surface area contributed by atoms with E-state index in [4.69, 9.17) is 4.84 Å². The molecule has 26 heavy (non-hydrogen) atoms. The number of nitrogens with one attached hydrogen (secondary N) is 1. The first kappa shape index (κ1) is 25.4. The van der Waals surface area contributed by atoms with Crippen molar-refractivity contribution in [1.29, 1.82) is 0 Å². The maximum absolute atomic E-state index is 11.3. The van der Waals surface area contributed by atoms with Gasteiger partial charge in [-0.2, -0.15) is 5.48 Å². The van der Waals surface area contributed by atoms with Crippen molar-refractivity contribution in [2.75, 3.05) is 6.54 Å². The lowest BCUT2D eigenvalue weighted by molar-refractivity contribution is -0.151. The van der Waals surface area contributed by atoms with E-state index in [2.05, 4.69) is 19.3 Å². The summed E-state index contributed by atoms with van der Waals surface area (Å²) in [6.45, 7) is 5.15. The molecule has 0 aliphatic carbocycles. The average molecular weight is 370 g/mol. The van der Waals surface area contributed by atoms with Crippen LogP contribution in [0.5, 0.6) is 0 Å². The molecule has 0 aromatic carbocycles. The molecule has 0 spiro atoms. The van der Waals surface area contributed by atoms with E-state index in [1.165, 1.54) is 96.3 Å². The maximum Gasteiger partial charge on any atom is 0.324 e. The van der Waals surface area contributed by atoms with Crippen LogP contribution in [0.1, 0.15) is 136 Å². The Morgan fingerprint density at radius 3 is 1.38 bits per heavy atom. The van der Waals surface area contributed by atoms with Crippen molar-refractivity contribution in [1.82, 2.24) is 5.48 Å². The average Bonchev–Trinajstić information content (AvgIpc) is 2.65. The van der Waals surface area contributed by atoms with Crippen molar-refractivity contribution in [2.24, 2.45) is 0 Å². The molecule has 0 heterocycles. The Balaban J connectivity index is 3.04. The van der Waals surface area contributed by atoms with Crippen LogP contribution in [-0.4, -0.2) is 12.5 Å². The molecular weight excluding hydrogens is 322 g/mol. The van der Waals surface area contributed by atoms with Crippen LogP contribution in [0.4, 0.5) is 0 Å². The number of hydrogen-bond donors (Lipinski definition) is 1. The van der Waals surface area contributed by atoms with E-state index in [-0.39, 0.29) is 5.97 Å². The van der Waals surface area contributed by atoms with E-state index in [1.807, 2.05) is 0 Å². The molecule has 0 fully saturated rings. The minimum Gasteiger partial charge on any atom is -0.371 e. The minimum atomic E-state index is -0.122. The molecule has 1 N–H and O–H groups in total. The Bertz CT molecular complexity index is 281. The highest BCUT2D eigenvalue weighted by Crippen LogP contribution is 2.13. The predicted octanol–water partition coefficient (Wildman–Crippen LogP) is 7.49. The lowest BCUT2D eigenvalue weighted by Crippen LogP contribution is -2.20. The highest BCUT2D eigenvalue weighted by atomic mass is 16.7. The normalized spacial score (nSPS) is 11.0. The van der Waals surface area contributed by atoms with Gasteiger partial charge in [0.2, 0.25) is 0 Å².